The second-order valence-electron chi connectivity index (χ2n) is 3.90. The molecular formula is C20H30O2. The fourth-order valence-corrected chi connectivity index (χ4v) is 1.48. The molecule has 0 heterocycles. The fourth-order valence-electron chi connectivity index (χ4n) is 1.48. The molecule has 0 spiro atoms. The third-order valence-corrected chi connectivity index (χ3v) is 2.45. The summed E-state index contributed by atoms with van der Waals surface area (Å²) in [7, 11) is 0. The van der Waals surface area contributed by atoms with Gasteiger partial charge in [-0.1, -0.05) is 95.3 Å². The van der Waals surface area contributed by atoms with Crippen molar-refractivity contribution < 1.29 is 9.90 Å². The maximum Gasteiger partial charge on any atom is 0.307 e. The topological polar surface area (TPSA) is 37.3 Å². The molecule has 0 radical (unpaired) electrons. The number of hydrogen-bond donors (Lipinski definition) is 1. The maximum absolute atomic E-state index is 10.2. The third kappa shape index (κ3) is 12.9. The van der Waals surface area contributed by atoms with Crippen molar-refractivity contribution in [3.63, 3.8) is 0 Å². The average molecular weight is 302 g/mol. The molecule has 2 rings (SSSR count). The fraction of sp³-hybridized carbons (Fsp3) is 0.350. The molecule has 2 heteroatoms. The number of aryl methyl sites for hydroxylation is 1. The normalized spacial score (nSPS) is 8.05. The lowest BCUT2D eigenvalue weighted by molar-refractivity contribution is -0.136. The van der Waals surface area contributed by atoms with Gasteiger partial charge in [-0.3, -0.25) is 4.79 Å². The van der Waals surface area contributed by atoms with Gasteiger partial charge < -0.3 is 5.11 Å². The summed E-state index contributed by atoms with van der Waals surface area (Å²) in [5.74, 6) is -0.786. The molecule has 0 fully saturated rings. The van der Waals surface area contributed by atoms with E-state index in [1.807, 2.05) is 52.0 Å². The first-order chi connectivity index (χ1) is 10.7. The van der Waals surface area contributed by atoms with E-state index in [-0.39, 0.29) is 6.42 Å². The molecular weight excluding hydrogens is 272 g/mol. The molecule has 22 heavy (non-hydrogen) atoms. The highest BCUT2D eigenvalue weighted by molar-refractivity contribution is 5.70. The SMILES string of the molecule is CC.CC.CCc1ccccc1.O=C(O)Cc1ccccc1. The Morgan fingerprint density at radius 3 is 1.41 bits per heavy atom. The van der Waals surface area contributed by atoms with Crippen molar-refractivity contribution in [2.75, 3.05) is 0 Å². The zero-order valence-corrected chi connectivity index (χ0v) is 14.5. The number of aliphatic carboxylic acids is 1. The van der Waals surface area contributed by atoms with Gasteiger partial charge >= 0.3 is 5.97 Å². The second kappa shape index (κ2) is 17.0. The summed E-state index contributed by atoms with van der Waals surface area (Å²) in [5.41, 5.74) is 2.25. The minimum absolute atomic E-state index is 0.112. The molecule has 2 nitrogen and oxygen atoms in total. The molecule has 0 aromatic heterocycles. The number of carboxylic acid groups (broad SMARTS) is 1. The maximum atomic E-state index is 10.2. The minimum Gasteiger partial charge on any atom is -0.481 e. The van der Waals surface area contributed by atoms with E-state index < -0.39 is 5.97 Å². The molecule has 2 aromatic carbocycles. The summed E-state index contributed by atoms with van der Waals surface area (Å²) < 4.78 is 0. The highest BCUT2D eigenvalue weighted by atomic mass is 16.4. The molecule has 0 atom stereocenters. The molecule has 1 N–H and O–H groups in total. The Balaban J connectivity index is 0. The highest BCUT2D eigenvalue weighted by Crippen LogP contribution is 1.98. The van der Waals surface area contributed by atoms with Gasteiger partial charge in [0, 0.05) is 0 Å². The first kappa shape index (κ1) is 22.2. The van der Waals surface area contributed by atoms with Crippen LogP contribution in [0, 0.1) is 0 Å². The number of rotatable bonds is 3. The van der Waals surface area contributed by atoms with Gasteiger partial charge in [0.05, 0.1) is 6.42 Å². The lowest BCUT2D eigenvalue weighted by atomic mass is 10.2. The van der Waals surface area contributed by atoms with E-state index in [4.69, 9.17) is 5.11 Å². The standard InChI is InChI=1S/C8H8O2.C8H10.2C2H6/c9-8(10)6-7-4-2-1-3-5-7;1-2-8-6-4-3-5-7-8;2*1-2/h1-5H,6H2,(H,9,10);3-7H,2H2,1H3;2*1-2H3. The number of benzene rings is 2. The van der Waals surface area contributed by atoms with Crippen LogP contribution in [-0.2, 0) is 17.6 Å². The third-order valence-electron chi connectivity index (χ3n) is 2.45. The van der Waals surface area contributed by atoms with E-state index in [1.165, 1.54) is 5.56 Å². The lowest BCUT2D eigenvalue weighted by Gasteiger charge is -1.92. The van der Waals surface area contributed by atoms with Crippen LogP contribution >= 0.6 is 0 Å². The summed E-state index contributed by atoms with van der Waals surface area (Å²) in [5, 5.41) is 8.37. The summed E-state index contributed by atoms with van der Waals surface area (Å²) in [6.45, 7) is 10.2. The molecule has 0 aliphatic carbocycles. The molecule has 0 aliphatic rings. The van der Waals surface area contributed by atoms with Crippen molar-refractivity contribution in [3.8, 4) is 0 Å². The van der Waals surface area contributed by atoms with Gasteiger partial charge in [-0.2, -0.15) is 0 Å². The van der Waals surface area contributed by atoms with Gasteiger partial charge in [-0.25, -0.2) is 0 Å². The average Bonchev–Trinajstić information content (AvgIpc) is 2.60. The smallest absolute Gasteiger partial charge is 0.307 e. The second-order valence-corrected chi connectivity index (χ2v) is 3.90. The highest BCUT2D eigenvalue weighted by Gasteiger charge is 1.96. The van der Waals surface area contributed by atoms with Crippen LogP contribution < -0.4 is 0 Å². The molecule has 122 valence electrons. The van der Waals surface area contributed by atoms with Crippen LogP contribution in [-0.4, -0.2) is 11.1 Å². The first-order valence-corrected chi connectivity index (χ1v) is 8.02. The van der Waals surface area contributed by atoms with Gasteiger partial charge in [-0.05, 0) is 17.5 Å². The number of carbonyl (C=O) groups is 1. The van der Waals surface area contributed by atoms with Crippen molar-refractivity contribution >= 4 is 5.97 Å². The largest absolute Gasteiger partial charge is 0.481 e. The molecule has 0 aliphatic heterocycles. The van der Waals surface area contributed by atoms with Crippen molar-refractivity contribution in [2.24, 2.45) is 0 Å². The van der Waals surface area contributed by atoms with Gasteiger partial charge in [0.2, 0.25) is 0 Å². The summed E-state index contributed by atoms with van der Waals surface area (Å²) >= 11 is 0. The molecule has 0 saturated carbocycles. The minimum atomic E-state index is -0.786. The Morgan fingerprint density at radius 1 is 0.773 bits per heavy atom. The van der Waals surface area contributed by atoms with Crippen LogP contribution in [0.25, 0.3) is 0 Å². The number of carboxylic acids is 1. The molecule has 0 saturated heterocycles. The van der Waals surface area contributed by atoms with Crippen LogP contribution in [0.15, 0.2) is 60.7 Å². The zero-order valence-electron chi connectivity index (χ0n) is 14.5. The molecule has 2 aromatic rings. The van der Waals surface area contributed by atoms with E-state index in [0.29, 0.717) is 0 Å². The monoisotopic (exact) mass is 302 g/mol. The van der Waals surface area contributed by atoms with Crippen molar-refractivity contribution in [1.82, 2.24) is 0 Å². The Hall–Kier alpha value is -2.09. The van der Waals surface area contributed by atoms with Crippen molar-refractivity contribution in [1.29, 1.82) is 0 Å². The van der Waals surface area contributed by atoms with Gasteiger partial charge in [-0.15, -0.1) is 0 Å². The number of hydrogen-bond acceptors (Lipinski definition) is 1. The van der Waals surface area contributed by atoms with Crippen LogP contribution in [0.3, 0.4) is 0 Å². The lowest BCUT2D eigenvalue weighted by Crippen LogP contribution is -1.98. The van der Waals surface area contributed by atoms with Gasteiger partial charge in [0.1, 0.15) is 0 Å². The van der Waals surface area contributed by atoms with Gasteiger partial charge in [0.25, 0.3) is 0 Å². The van der Waals surface area contributed by atoms with E-state index in [9.17, 15) is 4.79 Å². The predicted molar refractivity (Wildman–Crippen MR) is 96.3 cm³/mol. The Kier molecular flexibility index (Phi) is 17.1. The molecule has 0 amide bonds. The quantitative estimate of drug-likeness (QED) is 0.799. The Bertz CT molecular complexity index is 450. The molecule has 0 unspecified atom stereocenters. The van der Waals surface area contributed by atoms with Crippen LogP contribution in [0.4, 0.5) is 0 Å². The summed E-state index contributed by atoms with van der Waals surface area (Å²) in [4.78, 5) is 10.2. The van der Waals surface area contributed by atoms with Crippen LogP contribution in [0.1, 0.15) is 45.7 Å². The van der Waals surface area contributed by atoms with Gasteiger partial charge in [0.15, 0.2) is 0 Å². The van der Waals surface area contributed by atoms with Crippen LogP contribution in [0.2, 0.25) is 0 Å². The Labute approximate surface area is 135 Å². The van der Waals surface area contributed by atoms with E-state index in [1.54, 1.807) is 12.1 Å². The van der Waals surface area contributed by atoms with E-state index >= 15 is 0 Å². The first-order valence-electron chi connectivity index (χ1n) is 8.02. The van der Waals surface area contributed by atoms with E-state index in [0.717, 1.165) is 12.0 Å². The van der Waals surface area contributed by atoms with E-state index in [2.05, 4.69) is 31.2 Å². The Morgan fingerprint density at radius 2 is 1.14 bits per heavy atom. The summed E-state index contributed by atoms with van der Waals surface area (Å²) in [6, 6.07) is 19.6. The predicted octanol–water partition coefficient (Wildman–Crippen LogP) is 5.62. The molecule has 0 bridgehead atoms. The zero-order chi connectivity index (χ0) is 17.2. The van der Waals surface area contributed by atoms with Crippen molar-refractivity contribution in [2.45, 2.75) is 47.5 Å². The van der Waals surface area contributed by atoms with Crippen LogP contribution in [0.5, 0.6) is 0 Å². The summed E-state index contributed by atoms with van der Waals surface area (Å²) in [6.07, 6.45) is 1.25. The van der Waals surface area contributed by atoms with Crippen molar-refractivity contribution in [3.05, 3.63) is 71.8 Å².